The molecule has 0 unspecified atom stereocenters. The van der Waals surface area contributed by atoms with Crippen LogP contribution in [0.25, 0.3) is 0 Å². The average Bonchev–Trinajstić information content (AvgIpc) is 2.42. The van der Waals surface area contributed by atoms with E-state index in [1.54, 1.807) is 76.5 Å². The number of hydrogen-bond donors (Lipinski definition) is 0. The highest BCUT2D eigenvalue weighted by Crippen LogP contribution is 2.76. The van der Waals surface area contributed by atoms with Crippen LogP contribution in [0.2, 0.25) is 0 Å². The van der Waals surface area contributed by atoms with Gasteiger partial charge in [-0.2, -0.15) is 0 Å². The zero-order valence-corrected chi connectivity index (χ0v) is 16.7. The van der Waals surface area contributed by atoms with E-state index in [1.165, 1.54) is 24.2 Å². The van der Waals surface area contributed by atoms with E-state index < -0.39 is 0 Å². The highest BCUT2D eigenvalue weighted by atomic mass is 31.1. The van der Waals surface area contributed by atoms with Crippen LogP contribution in [0.1, 0.15) is 90.9 Å². The molecule has 0 aromatic carbocycles. The summed E-state index contributed by atoms with van der Waals surface area (Å²) in [5.41, 5.74) is 2.44. The SMILES string of the molecule is CC1([P@]2CC[C@@H]2[C@H]2CC[P@@]2C2(C)CCCCC2)CCCCC1. The topological polar surface area (TPSA) is 0 Å². The first-order chi connectivity index (χ1) is 10.6. The lowest BCUT2D eigenvalue weighted by Crippen LogP contribution is -2.48. The molecular formula is C20H36P2. The van der Waals surface area contributed by atoms with E-state index in [2.05, 4.69) is 13.8 Å². The lowest BCUT2D eigenvalue weighted by atomic mass is 9.90. The van der Waals surface area contributed by atoms with Gasteiger partial charge >= 0.3 is 0 Å². The highest BCUT2D eigenvalue weighted by molar-refractivity contribution is 7.66. The van der Waals surface area contributed by atoms with E-state index in [0.29, 0.717) is 15.8 Å². The van der Waals surface area contributed by atoms with E-state index >= 15 is 0 Å². The Morgan fingerprint density at radius 1 is 0.591 bits per heavy atom. The van der Waals surface area contributed by atoms with Gasteiger partial charge in [0.15, 0.2) is 0 Å². The third-order valence-electron chi connectivity index (χ3n) is 7.82. The summed E-state index contributed by atoms with van der Waals surface area (Å²) >= 11 is 0. The van der Waals surface area contributed by atoms with Gasteiger partial charge < -0.3 is 0 Å². The third kappa shape index (κ3) is 2.73. The van der Waals surface area contributed by atoms with Crippen molar-refractivity contribution in [3.8, 4) is 0 Å². The van der Waals surface area contributed by atoms with Gasteiger partial charge in [-0.3, -0.25) is 0 Å². The molecule has 2 saturated carbocycles. The molecule has 2 aliphatic heterocycles. The quantitative estimate of drug-likeness (QED) is 0.489. The Morgan fingerprint density at radius 3 is 1.23 bits per heavy atom. The molecule has 0 aromatic rings. The second-order valence-electron chi connectivity index (χ2n) is 9.21. The number of hydrogen-bond acceptors (Lipinski definition) is 0. The van der Waals surface area contributed by atoms with Crippen LogP contribution >= 0.6 is 15.8 Å². The van der Waals surface area contributed by atoms with E-state index in [1.807, 2.05) is 0 Å². The molecule has 0 amide bonds. The van der Waals surface area contributed by atoms with Crippen molar-refractivity contribution in [3.05, 3.63) is 0 Å². The third-order valence-corrected chi connectivity index (χ3v) is 16.0. The first-order valence-electron chi connectivity index (χ1n) is 10.2. The van der Waals surface area contributed by atoms with E-state index in [4.69, 9.17) is 0 Å². The van der Waals surface area contributed by atoms with Crippen LogP contribution in [-0.4, -0.2) is 34.0 Å². The molecule has 0 N–H and O–H groups in total. The van der Waals surface area contributed by atoms with Gasteiger partial charge in [0, 0.05) is 0 Å². The molecule has 126 valence electrons. The standard InChI is InChI=1S/C20H36P2/c1-19(11-5-3-6-12-19)21-15-9-17(21)18-10-16-22(18)20(2)13-7-4-8-14-20/h17-18H,3-16H2,1-2H3/t17-,18-,21-,22-/m1/s1. The Balaban J connectivity index is 1.43. The van der Waals surface area contributed by atoms with Gasteiger partial charge in [0.1, 0.15) is 0 Å². The molecule has 4 atom stereocenters. The van der Waals surface area contributed by atoms with Crippen LogP contribution in [0.4, 0.5) is 0 Å². The van der Waals surface area contributed by atoms with E-state index in [-0.39, 0.29) is 0 Å². The fourth-order valence-electron chi connectivity index (χ4n) is 6.16. The van der Waals surface area contributed by atoms with Crippen LogP contribution in [0, 0.1) is 0 Å². The molecule has 2 saturated heterocycles. The molecule has 0 bridgehead atoms. The van der Waals surface area contributed by atoms with Crippen molar-refractivity contribution in [1.29, 1.82) is 0 Å². The van der Waals surface area contributed by atoms with Crippen LogP contribution in [0.15, 0.2) is 0 Å². The summed E-state index contributed by atoms with van der Waals surface area (Å²) in [6, 6.07) is 0. The normalized spacial score (nSPS) is 43.9. The maximum absolute atomic E-state index is 2.70. The zero-order valence-electron chi connectivity index (χ0n) is 14.9. The molecule has 22 heavy (non-hydrogen) atoms. The van der Waals surface area contributed by atoms with Crippen LogP contribution in [-0.2, 0) is 0 Å². The Hall–Kier alpha value is 0.860. The van der Waals surface area contributed by atoms with Gasteiger partial charge in [0.05, 0.1) is 0 Å². The summed E-state index contributed by atoms with van der Waals surface area (Å²) in [6.45, 7) is 5.40. The van der Waals surface area contributed by atoms with Crippen LogP contribution < -0.4 is 0 Å². The summed E-state index contributed by atoms with van der Waals surface area (Å²) in [7, 11) is 0.781. The molecule has 0 radical (unpaired) electrons. The van der Waals surface area contributed by atoms with Crippen molar-refractivity contribution in [3.63, 3.8) is 0 Å². The predicted molar refractivity (Wildman–Crippen MR) is 103 cm³/mol. The monoisotopic (exact) mass is 338 g/mol. The van der Waals surface area contributed by atoms with Crippen molar-refractivity contribution in [2.45, 2.75) is 113 Å². The Bertz CT molecular complexity index is 355. The largest absolute Gasteiger partial charge is 0.0968 e. The van der Waals surface area contributed by atoms with E-state index in [0.717, 1.165) is 10.3 Å². The Morgan fingerprint density at radius 2 is 0.955 bits per heavy atom. The molecule has 0 aromatic heterocycles. The van der Waals surface area contributed by atoms with Crippen molar-refractivity contribution in [2.24, 2.45) is 0 Å². The number of rotatable bonds is 3. The van der Waals surface area contributed by atoms with Crippen LogP contribution in [0.5, 0.6) is 0 Å². The second-order valence-corrected chi connectivity index (χ2v) is 15.5. The average molecular weight is 338 g/mol. The molecule has 2 heterocycles. The van der Waals surface area contributed by atoms with Gasteiger partial charge in [-0.15, -0.1) is 0 Å². The smallest absolute Gasteiger partial charge is 0.0120 e. The summed E-state index contributed by atoms with van der Waals surface area (Å²) in [5, 5.41) is 1.61. The molecule has 2 aliphatic carbocycles. The fraction of sp³-hybridized carbons (Fsp3) is 1.00. The first-order valence-corrected chi connectivity index (χ1v) is 13.4. The lowest BCUT2D eigenvalue weighted by molar-refractivity contribution is 0.396. The van der Waals surface area contributed by atoms with Crippen LogP contribution in [0.3, 0.4) is 0 Å². The van der Waals surface area contributed by atoms with Gasteiger partial charge in [-0.1, -0.05) is 68.2 Å². The first kappa shape index (κ1) is 16.3. The maximum atomic E-state index is 2.70. The van der Waals surface area contributed by atoms with Crippen molar-refractivity contribution < 1.29 is 0 Å². The minimum absolute atomic E-state index is 0.391. The molecule has 4 rings (SSSR count). The molecule has 0 nitrogen and oxygen atoms in total. The summed E-state index contributed by atoms with van der Waals surface area (Å²) < 4.78 is 0. The van der Waals surface area contributed by atoms with Crippen molar-refractivity contribution in [1.82, 2.24) is 0 Å². The van der Waals surface area contributed by atoms with Gasteiger partial charge in [-0.25, -0.2) is 0 Å². The van der Waals surface area contributed by atoms with Crippen molar-refractivity contribution in [2.75, 3.05) is 12.3 Å². The highest BCUT2D eigenvalue weighted by Gasteiger charge is 2.54. The molecular weight excluding hydrogens is 302 g/mol. The van der Waals surface area contributed by atoms with Gasteiger partial charge in [0.25, 0.3) is 0 Å². The predicted octanol–water partition coefficient (Wildman–Crippen LogP) is 6.94. The minimum Gasteiger partial charge on any atom is -0.0968 e. The second kappa shape index (κ2) is 6.30. The minimum atomic E-state index is 0.391. The van der Waals surface area contributed by atoms with Gasteiger partial charge in [0.2, 0.25) is 0 Å². The fourth-order valence-corrected chi connectivity index (χ4v) is 14.3. The zero-order chi connectivity index (χ0) is 15.2. The lowest BCUT2D eigenvalue weighted by Gasteiger charge is -2.61. The summed E-state index contributed by atoms with van der Waals surface area (Å²) in [6.07, 6.45) is 22.1. The molecule has 0 spiro atoms. The maximum Gasteiger partial charge on any atom is -0.0120 e. The molecule has 4 aliphatic rings. The Kier molecular flexibility index (Phi) is 4.68. The van der Waals surface area contributed by atoms with E-state index in [9.17, 15) is 0 Å². The molecule has 4 fully saturated rings. The molecule has 2 heteroatoms. The van der Waals surface area contributed by atoms with Crippen molar-refractivity contribution >= 4 is 15.8 Å². The van der Waals surface area contributed by atoms with Gasteiger partial charge in [-0.05, 0) is 72.5 Å². The summed E-state index contributed by atoms with van der Waals surface area (Å²) in [5.74, 6) is 0. The summed E-state index contributed by atoms with van der Waals surface area (Å²) in [4.78, 5) is 0. The Labute approximate surface area is 141 Å².